The van der Waals surface area contributed by atoms with Crippen molar-refractivity contribution in [2.75, 3.05) is 19.8 Å². The van der Waals surface area contributed by atoms with Crippen LogP contribution in [0.5, 0.6) is 0 Å². The number of rotatable bonds is 7. The van der Waals surface area contributed by atoms with Gasteiger partial charge >= 0.3 is 0 Å². The monoisotopic (exact) mass is 303 g/mol. The molecule has 0 spiro atoms. The summed E-state index contributed by atoms with van der Waals surface area (Å²) in [6.07, 6.45) is 0.989. The number of benzene rings is 1. The first-order chi connectivity index (χ1) is 8.19. The van der Waals surface area contributed by atoms with Crippen LogP contribution in [0.4, 0.5) is 4.39 Å². The Kier molecular flexibility index (Phi) is 6.70. The van der Waals surface area contributed by atoms with Crippen molar-refractivity contribution in [3.63, 3.8) is 0 Å². The maximum absolute atomic E-state index is 13.2. The molecule has 2 nitrogen and oxygen atoms in total. The molecule has 0 fully saturated rings. The third-order valence-electron chi connectivity index (χ3n) is 2.42. The highest BCUT2D eigenvalue weighted by atomic mass is 79.9. The van der Waals surface area contributed by atoms with Gasteiger partial charge in [-0.3, -0.25) is 0 Å². The summed E-state index contributed by atoms with van der Waals surface area (Å²) in [7, 11) is 0. The van der Waals surface area contributed by atoms with Crippen LogP contribution in [0.2, 0.25) is 0 Å². The summed E-state index contributed by atoms with van der Waals surface area (Å²) >= 11 is 3.45. The minimum Gasteiger partial charge on any atom is -0.379 e. The molecule has 0 saturated heterocycles. The zero-order chi connectivity index (χ0) is 12.7. The second-order valence-corrected chi connectivity index (χ2v) is 4.71. The Balaban J connectivity index is 2.77. The fraction of sp³-hybridized carbons (Fsp3) is 0.538. The molecule has 0 amide bonds. The minimum atomic E-state index is -0.221. The van der Waals surface area contributed by atoms with Crippen LogP contribution < -0.4 is 5.32 Å². The molecule has 0 aromatic heterocycles. The number of hydrogen-bond donors (Lipinski definition) is 1. The number of hydrogen-bond acceptors (Lipinski definition) is 2. The Morgan fingerprint density at radius 1 is 1.41 bits per heavy atom. The van der Waals surface area contributed by atoms with Gasteiger partial charge in [-0.25, -0.2) is 4.39 Å². The van der Waals surface area contributed by atoms with E-state index >= 15 is 0 Å². The van der Waals surface area contributed by atoms with E-state index in [4.69, 9.17) is 4.74 Å². The van der Waals surface area contributed by atoms with Gasteiger partial charge in [0.1, 0.15) is 5.82 Å². The third-order valence-corrected chi connectivity index (χ3v) is 3.14. The van der Waals surface area contributed by atoms with Gasteiger partial charge in [-0.1, -0.05) is 29.8 Å². The zero-order valence-corrected chi connectivity index (χ0v) is 11.9. The van der Waals surface area contributed by atoms with Crippen molar-refractivity contribution < 1.29 is 9.13 Å². The quantitative estimate of drug-likeness (QED) is 0.776. The van der Waals surface area contributed by atoms with E-state index in [0.29, 0.717) is 6.61 Å². The van der Waals surface area contributed by atoms with Crippen LogP contribution in [0.1, 0.15) is 31.9 Å². The lowest BCUT2D eigenvalue weighted by Crippen LogP contribution is -2.26. The van der Waals surface area contributed by atoms with Crippen molar-refractivity contribution in [2.45, 2.75) is 26.3 Å². The summed E-state index contributed by atoms with van der Waals surface area (Å²) in [5.74, 6) is -0.221. The standard InChI is InChI=1S/C13H19BrFNO/c1-3-7-17-9-13(16-4-2)11-8-10(15)5-6-12(11)14/h5-6,8,13,16H,3-4,7,9H2,1-2H3. The molecule has 0 saturated carbocycles. The van der Waals surface area contributed by atoms with E-state index in [9.17, 15) is 4.39 Å². The van der Waals surface area contributed by atoms with Gasteiger partial charge in [-0.2, -0.15) is 0 Å². The summed E-state index contributed by atoms with van der Waals surface area (Å²) in [5, 5.41) is 3.30. The fourth-order valence-electron chi connectivity index (χ4n) is 1.63. The van der Waals surface area contributed by atoms with Gasteiger partial charge < -0.3 is 10.1 Å². The maximum Gasteiger partial charge on any atom is 0.123 e. The van der Waals surface area contributed by atoms with Gasteiger partial charge in [-0.15, -0.1) is 0 Å². The van der Waals surface area contributed by atoms with Gasteiger partial charge in [0, 0.05) is 11.1 Å². The first-order valence-electron chi connectivity index (χ1n) is 5.95. The van der Waals surface area contributed by atoms with Gasteiger partial charge in [0.25, 0.3) is 0 Å². The molecule has 0 radical (unpaired) electrons. The summed E-state index contributed by atoms with van der Waals surface area (Å²) < 4.78 is 19.7. The lowest BCUT2D eigenvalue weighted by molar-refractivity contribution is 0.112. The summed E-state index contributed by atoms with van der Waals surface area (Å²) in [6.45, 7) is 6.21. The van der Waals surface area contributed by atoms with Crippen LogP contribution in [0.3, 0.4) is 0 Å². The molecule has 0 aliphatic heterocycles. The highest BCUT2D eigenvalue weighted by Gasteiger charge is 2.14. The Morgan fingerprint density at radius 2 is 2.18 bits per heavy atom. The number of nitrogens with one attached hydrogen (secondary N) is 1. The van der Waals surface area contributed by atoms with Gasteiger partial charge in [-0.05, 0) is 36.7 Å². The molecule has 1 rings (SSSR count). The Labute approximate surface area is 111 Å². The van der Waals surface area contributed by atoms with E-state index in [1.807, 2.05) is 6.92 Å². The lowest BCUT2D eigenvalue weighted by Gasteiger charge is -2.19. The highest BCUT2D eigenvalue weighted by molar-refractivity contribution is 9.10. The SMILES string of the molecule is CCCOCC(NCC)c1cc(F)ccc1Br. The molecule has 96 valence electrons. The first-order valence-corrected chi connectivity index (χ1v) is 6.74. The van der Waals surface area contributed by atoms with E-state index in [1.165, 1.54) is 6.07 Å². The molecule has 0 heterocycles. The molecule has 4 heteroatoms. The molecule has 1 unspecified atom stereocenters. The number of likely N-dealkylation sites (N-methyl/N-ethyl adjacent to an activating group) is 1. The highest BCUT2D eigenvalue weighted by Crippen LogP contribution is 2.24. The van der Waals surface area contributed by atoms with Gasteiger partial charge in [0.2, 0.25) is 0 Å². The van der Waals surface area contributed by atoms with Gasteiger partial charge in [0.05, 0.1) is 12.6 Å². The fourth-order valence-corrected chi connectivity index (χ4v) is 2.16. The summed E-state index contributed by atoms with van der Waals surface area (Å²) in [4.78, 5) is 0. The van der Waals surface area contributed by atoms with Gasteiger partial charge in [0.15, 0.2) is 0 Å². The summed E-state index contributed by atoms with van der Waals surface area (Å²) in [5.41, 5.74) is 0.906. The minimum absolute atomic E-state index is 0.0247. The predicted molar refractivity (Wildman–Crippen MR) is 71.6 cm³/mol. The van der Waals surface area contributed by atoms with Crippen molar-refractivity contribution in [2.24, 2.45) is 0 Å². The molecule has 0 aliphatic rings. The van der Waals surface area contributed by atoms with Crippen molar-refractivity contribution in [1.29, 1.82) is 0 Å². The van der Waals surface area contributed by atoms with E-state index in [2.05, 4.69) is 28.2 Å². The number of halogens is 2. The van der Waals surface area contributed by atoms with Crippen molar-refractivity contribution in [1.82, 2.24) is 5.32 Å². The molecule has 17 heavy (non-hydrogen) atoms. The van der Waals surface area contributed by atoms with Crippen LogP contribution in [-0.4, -0.2) is 19.8 Å². The average molecular weight is 304 g/mol. The van der Waals surface area contributed by atoms with E-state index in [1.54, 1.807) is 12.1 Å². The topological polar surface area (TPSA) is 21.3 Å². The van der Waals surface area contributed by atoms with Crippen molar-refractivity contribution in [3.05, 3.63) is 34.1 Å². The van der Waals surface area contributed by atoms with Crippen LogP contribution in [0.15, 0.2) is 22.7 Å². The zero-order valence-electron chi connectivity index (χ0n) is 10.3. The molecule has 1 atom stereocenters. The maximum atomic E-state index is 13.2. The molecular weight excluding hydrogens is 285 g/mol. The smallest absolute Gasteiger partial charge is 0.123 e. The second kappa shape index (κ2) is 7.80. The van der Waals surface area contributed by atoms with Crippen LogP contribution in [0.25, 0.3) is 0 Å². The molecular formula is C13H19BrFNO. The van der Waals surface area contributed by atoms with E-state index in [-0.39, 0.29) is 11.9 Å². The average Bonchev–Trinajstić information content (AvgIpc) is 2.32. The molecule has 0 aliphatic carbocycles. The van der Waals surface area contributed by atoms with Crippen LogP contribution in [0, 0.1) is 5.82 Å². The Bertz CT molecular complexity index is 346. The molecule has 1 aromatic rings. The summed E-state index contributed by atoms with van der Waals surface area (Å²) in [6, 6.07) is 4.75. The Morgan fingerprint density at radius 3 is 2.82 bits per heavy atom. The third kappa shape index (κ3) is 4.74. The molecule has 0 bridgehead atoms. The molecule has 1 N–H and O–H groups in total. The van der Waals surface area contributed by atoms with Crippen LogP contribution in [-0.2, 0) is 4.74 Å². The van der Waals surface area contributed by atoms with Crippen molar-refractivity contribution >= 4 is 15.9 Å². The lowest BCUT2D eigenvalue weighted by atomic mass is 10.1. The first kappa shape index (κ1) is 14.6. The van der Waals surface area contributed by atoms with E-state index < -0.39 is 0 Å². The predicted octanol–water partition coefficient (Wildman–Crippen LogP) is 3.67. The van der Waals surface area contributed by atoms with Crippen LogP contribution >= 0.6 is 15.9 Å². The Hall–Kier alpha value is -0.450. The second-order valence-electron chi connectivity index (χ2n) is 3.85. The number of ether oxygens (including phenoxy) is 1. The largest absolute Gasteiger partial charge is 0.379 e. The van der Waals surface area contributed by atoms with E-state index in [0.717, 1.165) is 29.6 Å². The normalized spacial score (nSPS) is 12.7. The van der Waals surface area contributed by atoms with Crippen molar-refractivity contribution in [3.8, 4) is 0 Å². The molecule has 1 aromatic carbocycles.